The van der Waals surface area contributed by atoms with Crippen molar-refractivity contribution in [2.24, 2.45) is 11.8 Å². The molecule has 0 aromatic heterocycles. The summed E-state index contributed by atoms with van der Waals surface area (Å²) < 4.78 is 4.64. The summed E-state index contributed by atoms with van der Waals surface area (Å²) in [7, 11) is 0. The lowest BCUT2D eigenvalue weighted by atomic mass is 10.0. The van der Waals surface area contributed by atoms with E-state index in [1.54, 1.807) is 0 Å². The van der Waals surface area contributed by atoms with Gasteiger partial charge in [-0.1, -0.05) is 84.0 Å². The number of hydrogen-bond donors (Lipinski definition) is 1. The molecule has 0 aromatic rings. The van der Waals surface area contributed by atoms with Gasteiger partial charge in [-0.15, -0.1) is 0 Å². The Bertz CT molecular complexity index is 491. The number of ketones is 1. The molecule has 1 saturated heterocycles. The highest BCUT2D eigenvalue weighted by Gasteiger charge is 2.35. The van der Waals surface area contributed by atoms with E-state index in [0.29, 0.717) is 6.42 Å². The summed E-state index contributed by atoms with van der Waals surface area (Å²) in [6, 6.07) is 0. The van der Waals surface area contributed by atoms with Gasteiger partial charge in [0.25, 0.3) is 0 Å². The molecule has 1 aliphatic carbocycles. The number of aliphatic hydroxyl groups is 1. The molecule has 2 aliphatic rings. The summed E-state index contributed by atoms with van der Waals surface area (Å²) in [5.41, 5.74) is -0.121. The summed E-state index contributed by atoms with van der Waals surface area (Å²) in [4.78, 5) is 22.9. The molecule has 2 unspecified atom stereocenters. The van der Waals surface area contributed by atoms with E-state index in [1.165, 1.54) is 77.0 Å². The Kier molecular flexibility index (Phi) is 9.93. The first kappa shape index (κ1) is 22.0. The maximum absolute atomic E-state index is 11.5. The van der Waals surface area contributed by atoms with Crippen molar-refractivity contribution in [3.63, 3.8) is 0 Å². The predicted octanol–water partition coefficient (Wildman–Crippen LogP) is 6.04. The third-order valence-electron chi connectivity index (χ3n) is 6.09. The fraction of sp³-hybridized carbons (Fsp3) is 0.826. The lowest BCUT2D eigenvalue weighted by Crippen LogP contribution is -2.05. The highest BCUT2D eigenvalue weighted by molar-refractivity contribution is 6.22. The number of carbonyl (C=O) groups is 2. The van der Waals surface area contributed by atoms with Gasteiger partial charge in [0, 0.05) is 6.42 Å². The van der Waals surface area contributed by atoms with E-state index in [1.807, 2.05) is 0 Å². The van der Waals surface area contributed by atoms with Crippen molar-refractivity contribution in [2.45, 2.75) is 103 Å². The minimum Gasteiger partial charge on any atom is -0.511 e. The third-order valence-corrected chi connectivity index (χ3v) is 6.09. The van der Waals surface area contributed by atoms with E-state index in [4.69, 9.17) is 0 Å². The van der Waals surface area contributed by atoms with E-state index in [2.05, 4.69) is 11.7 Å². The molecule has 1 aliphatic heterocycles. The number of esters is 1. The van der Waals surface area contributed by atoms with Gasteiger partial charge in [-0.25, -0.2) is 4.79 Å². The first-order valence-electron chi connectivity index (χ1n) is 11.3. The Labute approximate surface area is 164 Å². The Morgan fingerprint density at radius 1 is 0.889 bits per heavy atom. The molecule has 2 atom stereocenters. The molecule has 4 heteroatoms. The lowest BCUT2D eigenvalue weighted by molar-refractivity contribution is -0.135. The number of unbranched alkanes of at least 4 members (excludes halogenated alkanes) is 9. The molecule has 2 rings (SSSR count). The number of cyclic esters (lactones) is 1. The minimum absolute atomic E-state index is 0.0791. The van der Waals surface area contributed by atoms with Crippen molar-refractivity contribution < 1.29 is 19.4 Å². The minimum atomic E-state index is -0.666. The summed E-state index contributed by atoms with van der Waals surface area (Å²) in [6.45, 7) is 2.05. The predicted molar refractivity (Wildman–Crippen MR) is 108 cm³/mol. The van der Waals surface area contributed by atoms with Gasteiger partial charge < -0.3 is 9.84 Å². The van der Waals surface area contributed by atoms with Crippen molar-refractivity contribution in [1.82, 2.24) is 0 Å². The maximum Gasteiger partial charge on any atom is 0.345 e. The van der Waals surface area contributed by atoms with Crippen LogP contribution >= 0.6 is 0 Å². The molecule has 27 heavy (non-hydrogen) atoms. The van der Waals surface area contributed by atoms with Gasteiger partial charge in [-0.05, 0) is 24.7 Å². The molecule has 1 heterocycles. The van der Waals surface area contributed by atoms with Crippen LogP contribution in [0, 0.1) is 11.8 Å². The Morgan fingerprint density at radius 3 is 2.00 bits per heavy atom. The molecule has 154 valence electrons. The van der Waals surface area contributed by atoms with Gasteiger partial charge in [0.1, 0.15) is 11.3 Å². The summed E-state index contributed by atoms with van der Waals surface area (Å²) in [6.07, 6.45) is 18.8. The van der Waals surface area contributed by atoms with Gasteiger partial charge in [0.15, 0.2) is 6.61 Å². The smallest absolute Gasteiger partial charge is 0.345 e. The molecule has 0 bridgehead atoms. The standard InChI is InChI=1S/C23H38O4/c1-2-3-4-5-6-7-8-9-10-13-18-16-19(18)14-11-12-15-20(24)22-21(25)17-27-23(22)26/h18-19,24H,2-17H2,1H3. The number of carbonyl (C=O) groups excluding carboxylic acids is 2. The second kappa shape index (κ2) is 12.2. The van der Waals surface area contributed by atoms with Crippen LogP contribution in [0.4, 0.5) is 0 Å². The van der Waals surface area contributed by atoms with Crippen LogP contribution in [0.2, 0.25) is 0 Å². The van der Waals surface area contributed by atoms with E-state index in [9.17, 15) is 14.7 Å². The van der Waals surface area contributed by atoms with Crippen LogP contribution < -0.4 is 0 Å². The Balaban J connectivity index is 1.42. The van der Waals surface area contributed by atoms with Gasteiger partial charge in [0.2, 0.25) is 5.78 Å². The second-order valence-electron chi connectivity index (χ2n) is 8.44. The molecule has 1 saturated carbocycles. The largest absolute Gasteiger partial charge is 0.511 e. The molecular weight excluding hydrogens is 340 g/mol. The third kappa shape index (κ3) is 8.06. The molecule has 0 amide bonds. The first-order chi connectivity index (χ1) is 13.1. The zero-order chi connectivity index (χ0) is 19.5. The fourth-order valence-electron chi connectivity index (χ4n) is 4.23. The van der Waals surface area contributed by atoms with Gasteiger partial charge in [-0.3, -0.25) is 4.79 Å². The number of rotatable bonds is 15. The first-order valence-corrected chi connectivity index (χ1v) is 11.3. The van der Waals surface area contributed by atoms with Gasteiger partial charge in [0.05, 0.1) is 0 Å². The van der Waals surface area contributed by atoms with E-state index in [0.717, 1.165) is 24.7 Å². The van der Waals surface area contributed by atoms with Crippen LogP contribution in [-0.2, 0) is 14.3 Å². The number of aliphatic hydroxyl groups excluding tert-OH is 1. The lowest BCUT2D eigenvalue weighted by Gasteiger charge is -2.04. The van der Waals surface area contributed by atoms with Gasteiger partial charge >= 0.3 is 5.97 Å². The molecule has 0 spiro atoms. The summed E-state index contributed by atoms with van der Waals surface area (Å²) in [5, 5.41) is 9.93. The number of Topliss-reactive ketones (excluding diaryl/α,β-unsaturated/α-hetero) is 1. The number of hydrogen-bond acceptors (Lipinski definition) is 4. The van der Waals surface area contributed by atoms with Crippen molar-refractivity contribution in [3.05, 3.63) is 11.3 Å². The molecule has 0 aromatic carbocycles. The molecular formula is C23H38O4. The van der Waals surface area contributed by atoms with Crippen molar-refractivity contribution >= 4 is 11.8 Å². The van der Waals surface area contributed by atoms with Gasteiger partial charge in [-0.2, -0.15) is 0 Å². The van der Waals surface area contributed by atoms with Crippen molar-refractivity contribution in [1.29, 1.82) is 0 Å². The highest BCUT2D eigenvalue weighted by atomic mass is 16.5. The van der Waals surface area contributed by atoms with Crippen LogP contribution in [0.1, 0.15) is 103 Å². The monoisotopic (exact) mass is 378 g/mol. The molecule has 2 fully saturated rings. The quantitative estimate of drug-likeness (QED) is 0.124. The number of ether oxygens (including phenoxy) is 1. The summed E-state index contributed by atoms with van der Waals surface area (Å²) in [5.74, 6) is 0.658. The number of allylic oxidation sites excluding steroid dienone is 1. The Morgan fingerprint density at radius 2 is 1.44 bits per heavy atom. The molecule has 4 nitrogen and oxygen atoms in total. The topological polar surface area (TPSA) is 63.6 Å². The van der Waals surface area contributed by atoms with Crippen LogP contribution in [-0.4, -0.2) is 23.5 Å². The SMILES string of the molecule is CCCCCCCCCCCC1CC1CCCCC(O)=C1C(=O)COC1=O. The van der Waals surface area contributed by atoms with Crippen LogP contribution in [0.25, 0.3) is 0 Å². The second-order valence-corrected chi connectivity index (χ2v) is 8.44. The van der Waals surface area contributed by atoms with Crippen LogP contribution in [0.15, 0.2) is 11.3 Å². The Hall–Kier alpha value is -1.32. The molecule has 0 radical (unpaired) electrons. The van der Waals surface area contributed by atoms with Crippen LogP contribution in [0.3, 0.4) is 0 Å². The van der Waals surface area contributed by atoms with E-state index in [-0.39, 0.29) is 23.7 Å². The van der Waals surface area contributed by atoms with Crippen molar-refractivity contribution in [2.75, 3.05) is 6.61 Å². The van der Waals surface area contributed by atoms with E-state index >= 15 is 0 Å². The zero-order valence-electron chi connectivity index (χ0n) is 17.1. The normalized spacial score (nSPS) is 23.6. The highest BCUT2D eigenvalue weighted by Crippen LogP contribution is 2.45. The van der Waals surface area contributed by atoms with E-state index < -0.39 is 5.97 Å². The molecule has 1 N–H and O–H groups in total. The zero-order valence-corrected chi connectivity index (χ0v) is 17.1. The average Bonchev–Trinajstić information content (AvgIpc) is 3.31. The average molecular weight is 379 g/mol. The maximum atomic E-state index is 11.5. The summed E-state index contributed by atoms with van der Waals surface area (Å²) >= 11 is 0. The van der Waals surface area contributed by atoms with Crippen molar-refractivity contribution in [3.8, 4) is 0 Å². The van der Waals surface area contributed by atoms with Crippen LogP contribution in [0.5, 0.6) is 0 Å². The fourth-order valence-corrected chi connectivity index (χ4v) is 4.23.